The van der Waals surface area contributed by atoms with E-state index >= 15 is 0 Å². The molecule has 174 valence electrons. The van der Waals surface area contributed by atoms with Gasteiger partial charge in [-0.2, -0.15) is 13.2 Å². The Bertz CT molecular complexity index is 1170. The van der Waals surface area contributed by atoms with Gasteiger partial charge >= 0.3 is 6.18 Å². The number of anilines is 1. The lowest BCUT2D eigenvalue weighted by Crippen LogP contribution is -2.41. The van der Waals surface area contributed by atoms with E-state index in [1.165, 1.54) is 0 Å². The Balaban J connectivity index is 1.65. The third-order valence-electron chi connectivity index (χ3n) is 4.96. The minimum absolute atomic E-state index is 0.00162. The molecule has 0 saturated carbocycles. The predicted molar refractivity (Wildman–Crippen MR) is 119 cm³/mol. The van der Waals surface area contributed by atoms with Gasteiger partial charge in [0.05, 0.1) is 28.9 Å². The summed E-state index contributed by atoms with van der Waals surface area (Å²) in [6.45, 7) is 4.16. The van der Waals surface area contributed by atoms with Crippen LogP contribution in [0, 0.1) is 6.92 Å². The molecule has 0 bridgehead atoms. The van der Waals surface area contributed by atoms with Crippen LogP contribution in [0.3, 0.4) is 0 Å². The van der Waals surface area contributed by atoms with Crippen LogP contribution in [-0.2, 0) is 11.0 Å². The molecule has 33 heavy (non-hydrogen) atoms. The second-order valence-electron chi connectivity index (χ2n) is 7.19. The third kappa shape index (κ3) is 4.88. The molecule has 1 amide bonds. The van der Waals surface area contributed by atoms with Crippen LogP contribution in [0.1, 0.15) is 29.9 Å². The number of ether oxygens (including phenoxy) is 1. The summed E-state index contributed by atoms with van der Waals surface area (Å²) in [6, 6.07) is 9.49. The van der Waals surface area contributed by atoms with Crippen LogP contribution in [0.15, 0.2) is 47.6 Å². The molecule has 0 spiro atoms. The number of rotatable bonds is 5. The zero-order chi connectivity index (χ0) is 23.8. The van der Waals surface area contributed by atoms with E-state index in [4.69, 9.17) is 16.3 Å². The van der Waals surface area contributed by atoms with E-state index < -0.39 is 28.9 Å². The molecule has 1 aromatic heterocycles. The van der Waals surface area contributed by atoms with Crippen molar-refractivity contribution in [2.75, 3.05) is 17.3 Å². The smallest absolute Gasteiger partial charge is 0.416 e. The number of nitrogens with zero attached hydrogens (tertiary/aromatic N) is 3. The van der Waals surface area contributed by atoms with Gasteiger partial charge in [0, 0.05) is 0 Å². The van der Waals surface area contributed by atoms with E-state index in [0.29, 0.717) is 23.3 Å². The topological polar surface area (TPSA) is 81.1 Å². The monoisotopic (exact) mass is 497 g/mol. The fourth-order valence-electron chi connectivity index (χ4n) is 3.35. The Morgan fingerprint density at radius 2 is 1.97 bits per heavy atom. The first-order valence-corrected chi connectivity index (χ1v) is 11.2. The van der Waals surface area contributed by atoms with Crippen molar-refractivity contribution in [3.8, 4) is 5.75 Å². The molecule has 7 nitrogen and oxygen atoms in total. The van der Waals surface area contributed by atoms with Crippen LogP contribution in [0.5, 0.6) is 5.75 Å². The van der Waals surface area contributed by atoms with Crippen molar-refractivity contribution >= 4 is 35.0 Å². The number of aryl methyl sites for hydroxylation is 1. The number of benzene rings is 2. The number of fused-ring (bicyclic) bond motifs is 1. The highest BCUT2D eigenvalue weighted by molar-refractivity contribution is 8.00. The summed E-state index contributed by atoms with van der Waals surface area (Å²) in [4.78, 5) is 13.3. The molecule has 1 aliphatic heterocycles. The number of carbonyl (C=O) groups is 1. The number of amides is 1. The van der Waals surface area contributed by atoms with Gasteiger partial charge < -0.3 is 15.5 Å². The summed E-state index contributed by atoms with van der Waals surface area (Å²) < 4.78 is 46.5. The first-order chi connectivity index (χ1) is 15.7. The average Bonchev–Trinajstić information content (AvgIpc) is 3.14. The summed E-state index contributed by atoms with van der Waals surface area (Å²) in [6.07, 6.45) is -4.57. The number of thioether (sulfide) groups is 1. The van der Waals surface area contributed by atoms with Gasteiger partial charge in [0.25, 0.3) is 0 Å². The Morgan fingerprint density at radius 3 is 2.64 bits per heavy atom. The first kappa shape index (κ1) is 23.2. The van der Waals surface area contributed by atoms with Gasteiger partial charge in [-0.05, 0) is 49.7 Å². The van der Waals surface area contributed by atoms with Gasteiger partial charge in [0.2, 0.25) is 11.1 Å². The summed E-state index contributed by atoms with van der Waals surface area (Å²) in [5, 5.41) is 10.3. The van der Waals surface area contributed by atoms with E-state index in [1.54, 1.807) is 23.7 Å². The van der Waals surface area contributed by atoms with Crippen LogP contribution >= 0.6 is 23.4 Å². The second kappa shape index (κ2) is 9.14. The summed E-state index contributed by atoms with van der Waals surface area (Å²) >= 11 is 7.23. The molecule has 2 aromatic carbocycles. The van der Waals surface area contributed by atoms with Crippen molar-refractivity contribution in [1.82, 2.24) is 14.9 Å². The second-order valence-corrected chi connectivity index (χ2v) is 8.71. The Labute approximate surface area is 196 Å². The summed E-state index contributed by atoms with van der Waals surface area (Å²) in [5.74, 6) is 0.760. The maximum absolute atomic E-state index is 13.3. The van der Waals surface area contributed by atoms with Crippen LogP contribution in [-0.4, -0.2) is 32.6 Å². The highest BCUT2D eigenvalue weighted by Crippen LogP contribution is 2.39. The Kier molecular flexibility index (Phi) is 6.44. The van der Waals surface area contributed by atoms with Gasteiger partial charge in [-0.25, -0.2) is 4.68 Å². The van der Waals surface area contributed by atoms with Crippen LogP contribution < -0.4 is 15.5 Å². The zero-order valence-electron chi connectivity index (χ0n) is 17.5. The average molecular weight is 498 g/mol. The number of halogens is 4. The molecule has 4 rings (SSSR count). The van der Waals surface area contributed by atoms with Crippen molar-refractivity contribution in [3.05, 3.63) is 64.4 Å². The zero-order valence-corrected chi connectivity index (χ0v) is 19.1. The van der Waals surface area contributed by atoms with Crippen molar-refractivity contribution < 1.29 is 22.7 Å². The van der Waals surface area contributed by atoms with Gasteiger partial charge in [0.15, 0.2) is 0 Å². The van der Waals surface area contributed by atoms with Gasteiger partial charge in [-0.15, -0.1) is 10.2 Å². The highest BCUT2D eigenvalue weighted by Gasteiger charge is 2.38. The van der Waals surface area contributed by atoms with E-state index in [-0.39, 0.29) is 10.7 Å². The SMILES string of the molecule is CCOc1ccc([C@@H]2Nn3c(C)nnc3S[C@H]2C(=O)Nc2cc(C(F)(F)F)ccc2Cl)cc1. The minimum atomic E-state index is -4.57. The molecule has 0 unspecified atom stereocenters. The van der Waals surface area contributed by atoms with Gasteiger partial charge in [-0.3, -0.25) is 4.79 Å². The fraction of sp³-hybridized carbons (Fsp3) is 0.286. The number of hydrogen-bond acceptors (Lipinski definition) is 6. The third-order valence-corrected chi connectivity index (χ3v) is 6.50. The van der Waals surface area contributed by atoms with E-state index in [1.807, 2.05) is 19.1 Å². The molecule has 2 heterocycles. The van der Waals surface area contributed by atoms with Crippen molar-refractivity contribution in [1.29, 1.82) is 0 Å². The number of hydrogen-bond donors (Lipinski definition) is 2. The summed E-state index contributed by atoms with van der Waals surface area (Å²) in [5.41, 5.74) is 2.99. The maximum atomic E-state index is 13.3. The molecule has 2 N–H and O–H groups in total. The van der Waals surface area contributed by atoms with Crippen molar-refractivity contribution in [3.63, 3.8) is 0 Å². The number of carbonyl (C=O) groups excluding carboxylic acids is 1. The molecule has 2 atom stereocenters. The Hall–Kier alpha value is -2.92. The molecule has 0 fully saturated rings. The molecule has 0 radical (unpaired) electrons. The van der Waals surface area contributed by atoms with E-state index in [0.717, 1.165) is 35.5 Å². The number of alkyl halides is 3. The molecule has 0 saturated heterocycles. The maximum Gasteiger partial charge on any atom is 0.416 e. The summed E-state index contributed by atoms with van der Waals surface area (Å²) in [7, 11) is 0. The quantitative estimate of drug-likeness (QED) is 0.513. The highest BCUT2D eigenvalue weighted by atomic mass is 35.5. The first-order valence-electron chi connectivity index (χ1n) is 9.93. The lowest BCUT2D eigenvalue weighted by molar-refractivity contribution is -0.137. The van der Waals surface area contributed by atoms with Gasteiger partial charge in [0.1, 0.15) is 16.8 Å². The van der Waals surface area contributed by atoms with E-state index in [2.05, 4.69) is 20.9 Å². The fourth-order valence-corrected chi connectivity index (χ4v) is 4.64. The lowest BCUT2D eigenvalue weighted by Gasteiger charge is -2.33. The molecular weight excluding hydrogens is 479 g/mol. The lowest BCUT2D eigenvalue weighted by atomic mass is 10.0. The molecule has 3 aromatic rings. The normalized spacial score (nSPS) is 17.8. The van der Waals surface area contributed by atoms with Gasteiger partial charge in [-0.1, -0.05) is 35.5 Å². The minimum Gasteiger partial charge on any atom is -0.494 e. The molecule has 12 heteroatoms. The Morgan fingerprint density at radius 1 is 1.24 bits per heavy atom. The molecule has 1 aliphatic rings. The van der Waals surface area contributed by atoms with Crippen molar-refractivity contribution in [2.45, 2.75) is 36.5 Å². The standard InChI is InChI=1S/C21H19ClF3N5O2S/c1-3-32-14-7-4-12(5-8-14)17-18(33-20-28-27-11(2)30(20)29-17)19(31)26-16-10-13(21(23,24)25)6-9-15(16)22/h4-10,17-18,29H,3H2,1-2H3,(H,26,31)/t17-,18+/m0/s1. The molecule has 0 aliphatic carbocycles. The van der Waals surface area contributed by atoms with Crippen LogP contribution in [0.25, 0.3) is 0 Å². The number of nitrogens with one attached hydrogen (secondary N) is 2. The number of aromatic nitrogens is 3. The largest absolute Gasteiger partial charge is 0.494 e. The predicted octanol–water partition coefficient (Wildman–Crippen LogP) is 5.06. The molecular formula is C21H19ClF3N5O2S. The van der Waals surface area contributed by atoms with E-state index in [9.17, 15) is 18.0 Å². The van der Waals surface area contributed by atoms with Crippen LogP contribution in [0.4, 0.5) is 18.9 Å². The van der Waals surface area contributed by atoms with Crippen LogP contribution in [0.2, 0.25) is 5.02 Å². The van der Waals surface area contributed by atoms with Crippen molar-refractivity contribution in [2.24, 2.45) is 0 Å².